The first kappa shape index (κ1) is 90.4. The molecular formula is C91H156O5. The predicted octanol–water partition coefficient (Wildman–Crippen LogP) is 26.9. The third-order valence-electron chi connectivity index (χ3n) is 20.4. The van der Waals surface area contributed by atoms with E-state index in [2.05, 4.69) is 173 Å². The van der Waals surface area contributed by atoms with E-state index in [1.807, 2.05) is 18.2 Å². The number of rotatable bonds is 32. The van der Waals surface area contributed by atoms with Crippen LogP contribution in [0.2, 0.25) is 0 Å². The minimum absolute atomic E-state index is 0.0498. The minimum atomic E-state index is -0.178. The first-order valence-corrected chi connectivity index (χ1v) is 39.9. The van der Waals surface area contributed by atoms with Crippen molar-refractivity contribution in [2.24, 2.45) is 41.4 Å². The molecule has 6 rings (SSSR count). The lowest BCUT2D eigenvalue weighted by molar-refractivity contribution is -0.116. The number of unbranched alkanes of at least 4 members (excludes halogenated alkanes) is 6. The molecule has 6 aliphatic carbocycles. The molecule has 0 bridgehead atoms. The Morgan fingerprint density at radius 1 is 0.490 bits per heavy atom. The fourth-order valence-electron chi connectivity index (χ4n) is 15.0. The average Bonchev–Trinajstić information content (AvgIpc) is 1.74. The van der Waals surface area contributed by atoms with Crippen molar-refractivity contribution in [3.8, 4) is 0 Å². The van der Waals surface area contributed by atoms with Crippen LogP contribution in [0.1, 0.15) is 362 Å². The normalized spacial score (nSPS) is 24.7. The topological polar surface area (TPSA) is 98.0 Å². The van der Waals surface area contributed by atoms with Gasteiger partial charge in [0.05, 0.1) is 24.4 Å². The van der Waals surface area contributed by atoms with Crippen LogP contribution in [0, 0.1) is 41.4 Å². The molecule has 6 aliphatic rings. The zero-order chi connectivity index (χ0) is 71.6. The quantitative estimate of drug-likeness (QED) is 0.0397. The van der Waals surface area contributed by atoms with Gasteiger partial charge in [0.1, 0.15) is 0 Å². The summed E-state index contributed by atoms with van der Waals surface area (Å²) >= 11 is 0. The number of aliphatic hydroxyl groups is 4. The second-order valence-electron chi connectivity index (χ2n) is 32.1. The highest BCUT2D eigenvalue weighted by molar-refractivity contribution is 5.91. The van der Waals surface area contributed by atoms with Crippen molar-refractivity contribution in [3.05, 3.63) is 141 Å². The lowest BCUT2D eigenvalue weighted by Gasteiger charge is -2.25. The molecule has 0 aliphatic heterocycles. The van der Waals surface area contributed by atoms with Crippen LogP contribution >= 0.6 is 0 Å². The smallest absolute Gasteiger partial charge is 0.155 e. The summed E-state index contributed by atoms with van der Waals surface area (Å²) in [7, 11) is 0. The molecule has 2 fully saturated rings. The number of aliphatic hydroxyl groups excluding tert-OH is 4. The molecule has 0 spiro atoms. The van der Waals surface area contributed by atoms with Gasteiger partial charge in [-0.1, -0.05) is 240 Å². The van der Waals surface area contributed by atoms with Gasteiger partial charge in [0.2, 0.25) is 0 Å². The van der Waals surface area contributed by atoms with E-state index >= 15 is 0 Å². The molecule has 0 heterocycles. The molecule has 0 aromatic heterocycles. The Hall–Kier alpha value is -3.61. The van der Waals surface area contributed by atoms with E-state index in [4.69, 9.17) is 0 Å². The Balaban J connectivity index is 0.000000583. The number of hydrogen-bond acceptors (Lipinski definition) is 5. The molecule has 2 saturated carbocycles. The highest BCUT2D eigenvalue weighted by atomic mass is 16.3. The number of ketones is 1. The Morgan fingerprint density at radius 3 is 1.38 bits per heavy atom. The Kier molecular flexibility index (Phi) is 52.8. The van der Waals surface area contributed by atoms with Crippen molar-refractivity contribution in [1.82, 2.24) is 0 Å². The molecule has 0 aromatic rings. The van der Waals surface area contributed by atoms with Gasteiger partial charge in [-0.05, 0) is 298 Å². The van der Waals surface area contributed by atoms with E-state index in [0.717, 1.165) is 101 Å². The fraction of sp³-hybridized carbons (Fsp3) is 0.725. The van der Waals surface area contributed by atoms with Gasteiger partial charge in [-0.2, -0.15) is 0 Å². The third kappa shape index (κ3) is 49.8. The zero-order valence-corrected chi connectivity index (χ0v) is 66.1. The molecule has 4 N–H and O–H groups in total. The maximum Gasteiger partial charge on any atom is 0.155 e. The zero-order valence-electron chi connectivity index (χ0n) is 66.1. The van der Waals surface area contributed by atoms with E-state index in [1.54, 1.807) is 11.6 Å². The summed E-state index contributed by atoms with van der Waals surface area (Å²) in [6, 6.07) is 0. The average molecular weight is 1330 g/mol. The maximum absolute atomic E-state index is 11.3. The van der Waals surface area contributed by atoms with E-state index < -0.39 is 0 Å². The van der Waals surface area contributed by atoms with E-state index in [1.165, 1.54) is 223 Å². The van der Waals surface area contributed by atoms with Gasteiger partial charge in [-0.25, -0.2) is 0 Å². The van der Waals surface area contributed by atoms with Crippen molar-refractivity contribution < 1.29 is 25.2 Å². The minimum Gasteiger partial charge on any atom is -0.393 e. The summed E-state index contributed by atoms with van der Waals surface area (Å²) in [4.78, 5) is 11.3. The summed E-state index contributed by atoms with van der Waals surface area (Å²) in [6.07, 6.45) is 71.6. The molecule has 96 heavy (non-hydrogen) atoms. The molecule has 5 heteroatoms. The largest absolute Gasteiger partial charge is 0.393 e. The van der Waals surface area contributed by atoms with Gasteiger partial charge in [-0.3, -0.25) is 4.79 Å². The van der Waals surface area contributed by atoms with Crippen LogP contribution in [0.15, 0.2) is 141 Å². The lowest BCUT2D eigenvalue weighted by atomic mass is 9.83. The Bertz CT molecular complexity index is 2430. The number of carbonyl (C=O) groups is 1. The van der Waals surface area contributed by atoms with Crippen molar-refractivity contribution >= 4 is 5.78 Å². The summed E-state index contributed by atoms with van der Waals surface area (Å²) < 4.78 is 0. The van der Waals surface area contributed by atoms with Crippen molar-refractivity contribution in [3.63, 3.8) is 0 Å². The monoisotopic (exact) mass is 1330 g/mol. The van der Waals surface area contributed by atoms with Crippen molar-refractivity contribution in [1.29, 1.82) is 0 Å². The van der Waals surface area contributed by atoms with Crippen LogP contribution < -0.4 is 0 Å². The molecule has 5 nitrogen and oxygen atoms in total. The Labute approximate surface area is 596 Å². The highest BCUT2D eigenvalue weighted by Crippen LogP contribution is 2.35. The second kappa shape index (κ2) is 56.1. The van der Waals surface area contributed by atoms with Gasteiger partial charge >= 0.3 is 0 Å². The van der Waals surface area contributed by atoms with Crippen LogP contribution in [0.25, 0.3) is 0 Å². The van der Waals surface area contributed by atoms with Crippen molar-refractivity contribution in [2.45, 2.75) is 386 Å². The molecule has 0 radical (unpaired) electrons. The summed E-state index contributed by atoms with van der Waals surface area (Å²) in [5.74, 6) is 5.14. The van der Waals surface area contributed by atoms with Gasteiger partial charge in [-0.15, -0.1) is 0 Å². The van der Waals surface area contributed by atoms with Gasteiger partial charge < -0.3 is 20.4 Å². The molecular weight excluding hydrogens is 1170 g/mol. The molecule has 10 atom stereocenters. The highest BCUT2D eigenvalue weighted by Gasteiger charge is 2.25. The van der Waals surface area contributed by atoms with E-state index in [-0.39, 0.29) is 24.4 Å². The molecule has 10 unspecified atom stereocenters. The number of allylic oxidation sites excluding steroid dienone is 20. The maximum atomic E-state index is 11.3. The standard InChI is InChI=1S/C21H34.C20H34O.C14H26O.C13H20O.C12H22O.C11H20O/c1-17(2)9-6-10-18(3)11-7-12-19(4)15-16-21-14-8-13-20(21)5;1-16(2)8-5-9-17(3)10-6-11-18(4)14-15-19-12-7-13-20(19)21;1-3-4-5-6-7-8-13-9-12(2)10-14(15)11-13;1-3-4-5-6-7-12-8-11(2)9-13(14)10-12;1-3-4-5-6-11-7-10(2)8-12(13)9-11;1-8(2)4-10-5-9(3)6-11(12)7-10/h9,11,15,21H,5-8,10,12-14,16H2,1-4H3;8,10,14,19-21H,5-7,9,11-13,15H2,1-4H3;10,13-15H,3-9,11H2,1-2H3;4-5,9,12H,3,6-8,10H2,1-2H3;8,11-13H,3-7,9H2,1-2H3;6,8,10-12H,4-5,7H2,1-3H3/b18-11+,19-15+;17-10+,18-14+;;5-4-;;. The van der Waals surface area contributed by atoms with Crippen LogP contribution in [-0.2, 0) is 4.79 Å². The van der Waals surface area contributed by atoms with Gasteiger partial charge in [0, 0.05) is 6.42 Å². The first-order chi connectivity index (χ1) is 45.7. The first-order valence-electron chi connectivity index (χ1n) is 39.9. The van der Waals surface area contributed by atoms with Crippen molar-refractivity contribution in [2.75, 3.05) is 0 Å². The SMILES string of the molecule is C=C1CCCC1C/C=C(\C)CC/C=C(\C)CCC=C(C)C.CC(C)=CCC/C(C)=C/CC/C(C)=C/CC1CCCC1O.CC/C=C\CCC1CC(=O)C=C(C)C1.CC1=CC(O)CC(CC(C)C)C1.CCCCCC1CC(C)=CC(O)C1.CCCCCCCC1CC(C)=CC(O)C1. The van der Waals surface area contributed by atoms with Crippen LogP contribution in [0.3, 0.4) is 0 Å². The van der Waals surface area contributed by atoms with E-state index in [9.17, 15) is 25.2 Å². The molecule has 0 amide bonds. The summed E-state index contributed by atoms with van der Waals surface area (Å²) in [6.45, 7) is 41.5. The van der Waals surface area contributed by atoms with Crippen LogP contribution in [0.5, 0.6) is 0 Å². The Morgan fingerprint density at radius 2 is 0.938 bits per heavy atom. The van der Waals surface area contributed by atoms with Gasteiger partial charge in [0.25, 0.3) is 0 Å². The van der Waals surface area contributed by atoms with Crippen LogP contribution in [-0.4, -0.2) is 50.6 Å². The third-order valence-corrected chi connectivity index (χ3v) is 20.4. The molecule has 0 saturated heterocycles. The molecule has 550 valence electrons. The van der Waals surface area contributed by atoms with Gasteiger partial charge in [0.15, 0.2) is 5.78 Å². The second-order valence-corrected chi connectivity index (χ2v) is 32.1. The summed E-state index contributed by atoms with van der Waals surface area (Å²) in [5.41, 5.74) is 15.7. The number of hydrogen-bond donors (Lipinski definition) is 4. The summed E-state index contributed by atoms with van der Waals surface area (Å²) in [5, 5.41) is 38.5. The molecule has 0 aromatic carbocycles. The lowest BCUT2D eigenvalue weighted by Crippen LogP contribution is -2.18. The fourth-order valence-corrected chi connectivity index (χ4v) is 15.0. The predicted molar refractivity (Wildman–Crippen MR) is 424 cm³/mol. The number of carbonyl (C=O) groups excluding carboxylic acids is 1. The van der Waals surface area contributed by atoms with Crippen LogP contribution in [0.4, 0.5) is 0 Å². The van der Waals surface area contributed by atoms with E-state index in [0.29, 0.717) is 23.5 Å².